The van der Waals surface area contributed by atoms with Crippen LogP contribution in [0.5, 0.6) is 5.75 Å². The Balaban J connectivity index is 1.45. The van der Waals surface area contributed by atoms with Crippen molar-refractivity contribution in [1.29, 1.82) is 0 Å². The van der Waals surface area contributed by atoms with Crippen molar-refractivity contribution in [1.82, 2.24) is 20.6 Å². The maximum atomic E-state index is 13.1. The summed E-state index contributed by atoms with van der Waals surface area (Å²) >= 11 is 1.37. The molecule has 0 aliphatic heterocycles. The van der Waals surface area contributed by atoms with E-state index in [0.29, 0.717) is 17.3 Å². The highest BCUT2D eigenvalue weighted by atomic mass is 32.1. The van der Waals surface area contributed by atoms with Crippen LogP contribution < -0.4 is 15.4 Å². The number of hydrogen-bond donors (Lipinski definition) is 3. The highest BCUT2D eigenvalue weighted by molar-refractivity contribution is 7.14. The van der Waals surface area contributed by atoms with Crippen LogP contribution in [-0.4, -0.2) is 51.5 Å². The fourth-order valence-electron chi connectivity index (χ4n) is 4.41. The number of aromatic nitrogens is 2. The van der Waals surface area contributed by atoms with E-state index < -0.39 is 24.0 Å². The average molecular weight is 629 g/mol. The number of nitrogens with zero attached hydrogens (tertiary/aromatic N) is 2. The van der Waals surface area contributed by atoms with E-state index in [1.807, 2.05) is 54.6 Å². The molecule has 0 aliphatic carbocycles. The quantitative estimate of drug-likeness (QED) is 0.149. The van der Waals surface area contributed by atoms with Gasteiger partial charge in [-0.1, -0.05) is 70.5 Å². The van der Waals surface area contributed by atoms with Gasteiger partial charge in [0.05, 0.1) is 11.5 Å². The second kappa shape index (κ2) is 14.9. The molecule has 0 unspecified atom stereocenters. The number of benzene rings is 2. The molecule has 9 nitrogen and oxygen atoms in total. The van der Waals surface area contributed by atoms with Crippen LogP contribution in [0.25, 0.3) is 22.5 Å². The number of rotatable bonds is 13. The number of carbonyl (C=O) groups is 3. The minimum absolute atomic E-state index is 0.114. The number of carboxylic acids is 1. The predicted molar refractivity (Wildman–Crippen MR) is 177 cm³/mol. The van der Waals surface area contributed by atoms with Gasteiger partial charge in [-0.2, -0.15) is 0 Å². The molecule has 3 N–H and O–H groups in total. The van der Waals surface area contributed by atoms with E-state index in [1.54, 1.807) is 18.5 Å². The van der Waals surface area contributed by atoms with Crippen molar-refractivity contribution < 1.29 is 24.2 Å². The molecule has 0 spiro atoms. The second-order valence-electron chi connectivity index (χ2n) is 11.9. The number of ether oxygens (including phenoxy) is 1. The van der Waals surface area contributed by atoms with Crippen LogP contribution in [0.3, 0.4) is 0 Å². The Morgan fingerprint density at radius 3 is 2.11 bits per heavy atom. The summed E-state index contributed by atoms with van der Waals surface area (Å²) in [7, 11) is 0. The first-order valence-electron chi connectivity index (χ1n) is 15.0. The van der Waals surface area contributed by atoms with E-state index in [0.717, 1.165) is 45.7 Å². The number of carboxylic acid groups (broad SMARTS) is 1. The van der Waals surface area contributed by atoms with Gasteiger partial charge in [0, 0.05) is 34.8 Å². The Bertz CT molecular complexity index is 1590. The van der Waals surface area contributed by atoms with Crippen LogP contribution >= 0.6 is 11.3 Å². The van der Waals surface area contributed by atoms with Gasteiger partial charge in [-0.15, -0.1) is 11.3 Å². The van der Waals surface area contributed by atoms with Crippen LogP contribution in [0.15, 0.2) is 73.1 Å². The number of hydrogen-bond acceptors (Lipinski definition) is 7. The Hall–Kier alpha value is -4.57. The highest BCUT2D eigenvalue weighted by Gasteiger charge is 2.26. The SMILES string of the molecule is CCCCOc1ccc(-c2cnc(-c3ccc(C[C@H](NC(=O)c4ccc(C(C)(C)C)s4)C(=O)N[C@H](C)C(=O)O)cc3)nc2)cc1. The molecular weight excluding hydrogens is 588 g/mol. The Morgan fingerprint density at radius 1 is 0.889 bits per heavy atom. The molecule has 0 bridgehead atoms. The van der Waals surface area contributed by atoms with E-state index in [4.69, 9.17) is 4.74 Å². The maximum absolute atomic E-state index is 13.1. The normalized spacial score (nSPS) is 12.6. The van der Waals surface area contributed by atoms with Gasteiger partial charge in [0.2, 0.25) is 5.91 Å². The smallest absolute Gasteiger partial charge is 0.325 e. The molecule has 45 heavy (non-hydrogen) atoms. The number of carbonyl (C=O) groups excluding carboxylic acids is 2. The predicted octanol–water partition coefficient (Wildman–Crippen LogP) is 6.28. The molecule has 0 saturated carbocycles. The van der Waals surface area contributed by atoms with Gasteiger partial charge in [0.15, 0.2) is 5.82 Å². The largest absolute Gasteiger partial charge is 0.494 e. The first kappa shape index (κ1) is 33.3. The number of aliphatic carboxylic acids is 1. The monoisotopic (exact) mass is 628 g/mol. The number of thiophene rings is 1. The minimum Gasteiger partial charge on any atom is -0.494 e. The highest BCUT2D eigenvalue weighted by Crippen LogP contribution is 2.29. The van der Waals surface area contributed by atoms with Crippen molar-refractivity contribution in [3.05, 3.63) is 88.4 Å². The molecule has 236 valence electrons. The summed E-state index contributed by atoms with van der Waals surface area (Å²) in [5.41, 5.74) is 3.33. The van der Waals surface area contributed by atoms with Crippen LogP contribution in [0.2, 0.25) is 0 Å². The second-order valence-corrected chi connectivity index (χ2v) is 13.0. The number of unbranched alkanes of at least 4 members (excludes halogenated alkanes) is 1. The van der Waals surface area contributed by atoms with E-state index in [-0.39, 0.29) is 17.7 Å². The van der Waals surface area contributed by atoms with Gasteiger partial charge < -0.3 is 20.5 Å². The lowest BCUT2D eigenvalue weighted by Gasteiger charge is -2.20. The molecule has 2 aromatic carbocycles. The van der Waals surface area contributed by atoms with Gasteiger partial charge in [-0.05, 0) is 54.2 Å². The van der Waals surface area contributed by atoms with Crippen LogP contribution in [0.1, 0.15) is 67.6 Å². The van der Waals surface area contributed by atoms with Crippen LogP contribution in [0, 0.1) is 0 Å². The lowest BCUT2D eigenvalue weighted by Crippen LogP contribution is -2.51. The van der Waals surface area contributed by atoms with Gasteiger partial charge >= 0.3 is 5.97 Å². The van der Waals surface area contributed by atoms with E-state index in [9.17, 15) is 19.5 Å². The van der Waals surface area contributed by atoms with Crippen molar-refractivity contribution in [3.8, 4) is 28.3 Å². The molecule has 2 heterocycles. The molecule has 4 aromatic rings. The van der Waals surface area contributed by atoms with Gasteiger partial charge in [0.25, 0.3) is 5.91 Å². The first-order valence-corrected chi connectivity index (χ1v) is 15.8. The average Bonchev–Trinajstić information content (AvgIpc) is 3.53. The Labute approximate surface area is 268 Å². The summed E-state index contributed by atoms with van der Waals surface area (Å²) in [6.07, 6.45) is 5.82. The lowest BCUT2D eigenvalue weighted by atomic mass is 9.95. The van der Waals surface area contributed by atoms with Crippen LogP contribution in [-0.2, 0) is 21.4 Å². The Kier molecular flexibility index (Phi) is 11.1. The summed E-state index contributed by atoms with van der Waals surface area (Å²) in [6.45, 7) is 10.4. The zero-order chi connectivity index (χ0) is 32.6. The van der Waals surface area contributed by atoms with Crippen molar-refractivity contribution in [2.24, 2.45) is 0 Å². The minimum atomic E-state index is -1.16. The zero-order valence-electron chi connectivity index (χ0n) is 26.3. The van der Waals surface area contributed by atoms with Gasteiger partial charge in [-0.3, -0.25) is 14.4 Å². The molecule has 2 aromatic heterocycles. The van der Waals surface area contributed by atoms with E-state index >= 15 is 0 Å². The summed E-state index contributed by atoms with van der Waals surface area (Å²) in [6, 6.07) is 16.8. The fraction of sp³-hybridized carbons (Fsp3) is 0.343. The summed E-state index contributed by atoms with van der Waals surface area (Å²) in [4.78, 5) is 48.2. The van der Waals surface area contributed by atoms with E-state index in [1.165, 1.54) is 18.3 Å². The third-order valence-electron chi connectivity index (χ3n) is 7.18. The summed E-state index contributed by atoms with van der Waals surface area (Å²) in [5.74, 6) is -0.737. The number of amides is 2. The van der Waals surface area contributed by atoms with Crippen LogP contribution in [0.4, 0.5) is 0 Å². The molecule has 10 heteroatoms. The standard InChI is InChI=1S/C35H40N4O5S/c1-6-7-18-44-27-14-12-24(13-15-27)26-20-36-31(37-21-26)25-10-8-23(9-11-25)19-28(32(40)38-22(2)34(42)43)39-33(41)29-16-17-30(45-29)35(3,4)5/h8-17,20-22,28H,6-7,18-19H2,1-5H3,(H,38,40)(H,39,41)(H,42,43)/t22-,28+/m1/s1. The molecular formula is C35H40N4O5S. The summed E-state index contributed by atoms with van der Waals surface area (Å²) < 4.78 is 5.74. The van der Waals surface area contributed by atoms with E-state index in [2.05, 4.69) is 48.3 Å². The molecule has 4 rings (SSSR count). The third kappa shape index (κ3) is 9.21. The van der Waals surface area contributed by atoms with Crippen molar-refractivity contribution in [3.63, 3.8) is 0 Å². The molecule has 2 atom stereocenters. The maximum Gasteiger partial charge on any atom is 0.325 e. The van der Waals surface area contributed by atoms with Crippen molar-refractivity contribution >= 4 is 29.1 Å². The van der Waals surface area contributed by atoms with Crippen molar-refractivity contribution in [2.45, 2.75) is 71.4 Å². The lowest BCUT2D eigenvalue weighted by molar-refractivity contribution is -0.141. The molecule has 0 fully saturated rings. The third-order valence-corrected chi connectivity index (χ3v) is 8.69. The fourth-order valence-corrected chi connectivity index (χ4v) is 5.37. The van der Waals surface area contributed by atoms with Gasteiger partial charge in [0.1, 0.15) is 17.8 Å². The topological polar surface area (TPSA) is 131 Å². The first-order chi connectivity index (χ1) is 21.4. The number of nitrogens with one attached hydrogen (secondary N) is 2. The zero-order valence-corrected chi connectivity index (χ0v) is 27.1. The molecule has 0 radical (unpaired) electrons. The Morgan fingerprint density at radius 2 is 1.53 bits per heavy atom. The van der Waals surface area contributed by atoms with Crippen molar-refractivity contribution in [2.75, 3.05) is 6.61 Å². The van der Waals surface area contributed by atoms with Gasteiger partial charge in [-0.25, -0.2) is 9.97 Å². The molecule has 0 saturated heterocycles. The molecule has 2 amide bonds. The molecule has 0 aliphatic rings. The summed E-state index contributed by atoms with van der Waals surface area (Å²) in [5, 5.41) is 14.6.